The van der Waals surface area contributed by atoms with Crippen LogP contribution in [0.15, 0.2) is 40.9 Å². The second kappa shape index (κ2) is 8.55. The number of fused-ring (bicyclic) bond motifs is 3. The van der Waals surface area contributed by atoms with Gasteiger partial charge in [0, 0.05) is 29.4 Å². The van der Waals surface area contributed by atoms with Gasteiger partial charge in [0.15, 0.2) is 5.76 Å². The number of ether oxygens (including phenoxy) is 1. The number of aryl methyl sites for hydroxylation is 2. The Morgan fingerprint density at radius 2 is 2.00 bits per heavy atom. The third-order valence-electron chi connectivity index (χ3n) is 5.60. The Morgan fingerprint density at radius 1 is 1.16 bits per heavy atom. The average Bonchev–Trinajstić information content (AvgIpc) is 3.34. The molecule has 0 bridgehead atoms. The van der Waals surface area contributed by atoms with Crippen LogP contribution in [0.5, 0.6) is 0 Å². The highest BCUT2D eigenvalue weighted by Gasteiger charge is 2.20. The van der Waals surface area contributed by atoms with E-state index < -0.39 is 0 Å². The summed E-state index contributed by atoms with van der Waals surface area (Å²) in [6, 6.07) is 12.9. The van der Waals surface area contributed by atoms with E-state index in [2.05, 4.69) is 56.2 Å². The first-order chi connectivity index (χ1) is 15.2. The van der Waals surface area contributed by atoms with Gasteiger partial charge in [-0.25, -0.2) is 0 Å². The minimum atomic E-state index is 0.741. The summed E-state index contributed by atoms with van der Waals surface area (Å²) in [5.41, 5.74) is 7.68. The van der Waals surface area contributed by atoms with Gasteiger partial charge in [-0.15, -0.1) is 11.5 Å². The molecule has 0 unspecified atom stereocenters. The lowest BCUT2D eigenvalue weighted by atomic mass is 10.1. The quantitative estimate of drug-likeness (QED) is 0.332. The van der Waals surface area contributed by atoms with Gasteiger partial charge in [-0.1, -0.05) is 41.6 Å². The van der Waals surface area contributed by atoms with Gasteiger partial charge in [0.25, 0.3) is 0 Å². The standard InChI is InChI=1S/C23H24N4O2S2/c1-15-23(16(2)29-25-15)27(14-30)21-5-3-4-19-18-7-6-17(12-20(18)24-22(19)21)13-31-26-8-10-28-11-9-26/h3-7,12-14,24,31H,8-11H2,1-2H3. The molecule has 3 heterocycles. The zero-order chi connectivity index (χ0) is 21.4. The third-order valence-corrected chi connectivity index (χ3v) is 6.95. The molecular formula is C23H24N4O2S2. The maximum Gasteiger partial charge on any atom is 0.157 e. The highest BCUT2D eigenvalue weighted by atomic mass is 32.1. The van der Waals surface area contributed by atoms with Crippen molar-refractivity contribution in [2.75, 3.05) is 31.2 Å². The second-order valence-electron chi connectivity index (χ2n) is 7.59. The summed E-state index contributed by atoms with van der Waals surface area (Å²) in [5, 5.41) is 8.71. The molecule has 5 rings (SSSR count). The summed E-state index contributed by atoms with van der Waals surface area (Å²) in [6.45, 7) is 7.41. The van der Waals surface area contributed by atoms with E-state index in [-0.39, 0.29) is 0 Å². The fourth-order valence-corrected chi connectivity index (χ4v) is 5.15. The maximum atomic E-state index is 5.44. The van der Waals surface area contributed by atoms with Crippen molar-refractivity contribution in [3.05, 3.63) is 53.4 Å². The van der Waals surface area contributed by atoms with Gasteiger partial charge in [0.2, 0.25) is 0 Å². The van der Waals surface area contributed by atoms with E-state index in [4.69, 9.17) is 21.5 Å². The largest absolute Gasteiger partial charge is 0.379 e. The highest BCUT2D eigenvalue weighted by molar-refractivity contribution is 7.95. The first-order valence-electron chi connectivity index (χ1n) is 10.2. The number of anilines is 2. The van der Waals surface area contributed by atoms with Crippen LogP contribution in [-0.2, 0) is 4.74 Å². The lowest BCUT2D eigenvalue weighted by Gasteiger charge is -2.22. The Balaban J connectivity index is 1.57. The number of rotatable bonds is 5. The summed E-state index contributed by atoms with van der Waals surface area (Å²) in [7, 11) is 0. The lowest BCUT2D eigenvalue weighted by Crippen LogP contribution is -2.29. The van der Waals surface area contributed by atoms with Crippen LogP contribution in [0.4, 0.5) is 11.4 Å². The molecule has 1 N–H and O–H groups in total. The molecular weight excluding hydrogens is 428 g/mol. The van der Waals surface area contributed by atoms with Crippen molar-refractivity contribution in [2.24, 2.45) is 0 Å². The molecule has 2 aromatic carbocycles. The van der Waals surface area contributed by atoms with Crippen molar-refractivity contribution in [1.29, 1.82) is 0 Å². The van der Waals surface area contributed by atoms with Crippen LogP contribution in [0, 0.1) is 13.8 Å². The predicted octanol–water partition coefficient (Wildman–Crippen LogP) is 4.88. The van der Waals surface area contributed by atoms with Crippen molar-refractivity contribution in [1.82, 2.24) is 14.4 Å². The van der Waals surface area contributed by atoms with Crippen LogP contribution in [-0.4, -0.2) is 51.6 Å². The van der Waals surface area contributed by atoms with Crippen molar-refractivity contribution in [2.45, 2.75) is 13.8 Å². The topological polar surface area (TPSA) is 57.5 Å². The molecule has 0 radical (unpaired) electrons. The van der Waals surface area contributed by atoms with Crippen LogP contribution in [0.25, 0.3) is 21.8 Å². The minimum Gasteiger partial charge on any atom is -0.379 e. The number of aromatic amines is 1. The van der Waals surface area contributed by atoms with E-state index in [0.717, 1.165) is 60.2 Å². The molecule has 0 amide bonds. The van der Waals surface area contributed by atoms with E-state index in [9.17, 15) is 0 Å². The normalized spacial score (nSPS) is 15.5. The van der Waals surface area contributed by atoms with Gasteiger partial charge < -0.3 is 19.1 Å². The zero-order valence-corrected chi connectivity index (χ0v) is 19.2. The Bertz CT molecular complexity index is 1270. The SMILES string of the molecule is Cc1noc(C)c1N(C=S)c1cccc2c1[nH]c1cc(C=[SH]N3CCOCC3)ccc12. The van der Waals surface area contributed by atoms with Gasteiger partial charge in [-0.2, -0.15) is 0 Å². The molecule has 0 spiro atoms. The summed E-state index contributed by atoms with van der Waals surface area (Å²) in [5.74, 6) is 0.741. The maximum absolute atomic E-state index is 5.44. The zero-order valence-electron chi connectivity index (χ0n) is 17.5. The number of benzene rings is 2. The summed E-state index contributed by atoms with van der Waals surface area (Å²) in [6.07, 6.45) is 0. The molecule has 160 valence electrons. The van der Waals surface area contributed by atoms with Gasteiger partial charge in [0.1, 0.15) is 11.4 Å². The number of thiol groups is 1. The molecule has 4 aromatic rings. The molecule has 1 aliphatic heterocycles. The first kappa shape index (κ1) is 20.4. The van der Waals surface area contributed by atoms with Gasteiger partial charge in [-0.3, -0.25) is 4.31 Å². The van der Waals surface area contributed by atoms with E-state index in [1.807, 2.05) is 18.7 Å². The third kappa shape index (κ3) is 3.80. The predicted molar refractivity (Wildman–Crippen MR) is 134 cm³/mol. The van der Waals surface area contributed by atoms with Crippen LogP contribution in [0.2, 0.25) is 0 Å². The highest BCUT2D eigenvalue weighted by Crippen LogP contribution is 2.37. The molecule has 0 aliphatic carbocycles. The Labute approximate surface area is 189 Å². The lowest BCUT2D eigenvalue weighted by molar-refractivity contribution is 0.0780. The van der Waals surface area contributed by atoms with Gasteiger partial charge >= 0.3 is 0 Å². The van der Waals surface area contributed by atoms with Crippen molar-refractivity contribution in [3.63, 3.8) is 0 Å². The van der Waals surface area contributed by atoms with Gasteiger partial charge in [-0.05, 0) is 36.9 Å². The summed E-state index contributed by atoms with van der Waals surface area (Å²) < 4.78 is 13.2. The number of morpholine rings is 1. The Morgan fingerprint density at radius 3 is 2.74 bits per heavy atom. The Kier molecular flexibility index (Phi) is 5.62. The fraction of sp³-hybridized carbons (Fsp3) is 0.261. The molecule has 6 nitrogen and oxygen atoms in total. The van der Waals surface area contributed by atoms with Crippen LogP contribution in [0.1, 0.15) is 17.0 Å². The molecule has 0 saturated carbocycles. The molecule has 31 heavy (non-hydrogen) atoms. The van der Waals surface area contributed by atoms with E-state index in [1.165, 1.54) is 27.9 Å². The number of H-pyrrole nitrogens is 1. The van der Waals surface area contributed by atoms with E-state index >= 15 is 0 Å². The number of nitrogens with zero attached hydrogens (tertiary/aromatic N) is 3. The van der Waals surface area contributed by atoms with Crippen molar-refractivity contribution < 1.29 is 9.26 Å². The molecule has 0 atom stereocenters. The number of aromatic nitrogens is 2. The Hall–Kier alpha value is -2.52. The van der Waals surface area contributed by atoms with Crippen LogP contribution >= 0.6 is 23.8 Å². The molecule has 8 heteroatoms. The minimum absolute atomic E-state index is 0.741. The summed E-state index contributed by atoms with van der Waals surface area (Å²) in [4.78, 5) is 5.60. The van der Waals surface area contributed by atoms with Crippen molar-refractivity contribution in [3.8, 4) is 0 Å². The van der Waals surface area contributed by atoms with E-state index in [0.29, 0.717) is 0 Å². The van der Waals surface area contributed by atoms with Crippen molar-refractivity contribution >= 4 is 67.8 Å². The van der Waals surface area contributed by atoms with Crippen LogP contribution < -0.4 is 4.90 Å². The van der Waals surface area contributed by atoms with E-state index in [1.54, 1.807) is 5.49 Å². The fourth-order valence-electron chi connectivity index (χ4n) is 4.08. The summed E-state index contributed by atoms with van der Waals surface area (Å²) >= 11 is 6.59. The van der Waals surface area contributed by atoms with Gasteiger partial charge in [0.05, 0.1) is 29.9 Å². The average molecular weight is 453 g/mol. The number of nitrogens with one attached hydrogen (secondary N) is 1. The smallest absolute Gasteiger partial charge is 0.157 e. The number of thiocarbonyl (C=S) groups is 1. The molecule has 1 aliphatic rings. The second-order valence-corrected chi connectivity index (χ2v) is 8.85. The molecule has 2 aromatic heterocycles. The number of hydrogen-bond donors (Lipinski definition) is 2. The van der Waals surface area contributed by atoms with Crippen LogP contribution in [0.3, 0.4) is 0 Å². The first-order valence-corrected chi connectivity index (χ1v) is 11.6. The number of hydrogen-bond acceptors (Lipinski definition) is 5. The monoisotopic (exact) mass is 452 g/mol. The molecule has 1 fully saturated rings. The molecule has 1 saturated heterocycles. The number of para-hydroxylation sites is 1.